The van der Waals surface area contributed by atoms with E-state index in [4.69, 9.17) is 28.5 Å². The zero-order valence-electron chi connectivity index (χ0n) is 11.6. The van der Waals surface area contributed by atoms with Gasteiger partial charge in [-0.1, -0.05) is 30.1 Å². The molecule has 0 aliphatic rings. The van der Waals surface area contributed by atoms with Crippen LogP contribution in [0.25, 0.3) is 5.69 Å². The molecule has 0 aliphatic carbocycles. The van der Waals surface area contributed by atoms with Gasteiger partial charge in [-0.25, -0.2) is 4.68 Å². The van der Waals surface area contributed by atoms with Crippen molar-refractivity contribution < 1.29 is 18.0 Å². The minimum absolute atomic E-state index is 0.0343. The second-order valence-corrected chi connectivity index (χ2v) is 5.33. The monoisotopic (exact) mass is 361 g/mol. The number of alkyl halides is 3. The Kier molecular flexibility index (Phi) is 4.68. The number of hydrogen-bond donors (Lipinski definition) is 0. The van der Waals surface area contributed by atoms with Crippen LogP contribution in [0.2, 0.25) is 10.0 Å². The number of nitriles is 1. The first-order valence-corrected chi connectivity index (χ1v) is 7.04. The molecule has 0 atom stereocenters. The van der Waals surface area contributed by atoms with Crippen molar-refractivity contribution in [1.82, 2.24) is 9.78 Å². The van der Waals surface area contributed by atoms with E-state index in [1.54, 1.807) is 13.0 Å². The van der Waals surface area contributed by atoms with Crippen LogP contribution < -0.4 is 0 Å². The highest BCUT2D eigenvalue weighted by Crippen LogP contribution is 2.37. The molecule has 0 bridgehead atoms. The molecule has 0 aliphatic heterocycles. The molecule has 0 saturated carbocycles. The molecule has 4 nitrogen and oxygen atoms in total. The highest BCUT2D eigenvalue weighted by atomic mass is 35.5. The maximum Gasteiger partial charge on any atom is 0.416 e. The van der Waals surface area contributed by atoms with Crippen LogP contribution in [0, 0.1) is 11.3 Å². The second-order valence-electron chi connectivity index (χ2n) is 4.51. The molecular formula is C14H8Cl2F3N3O. The SMILES string of the molecule is CCC(=O)c1cn(-c2c(Cl)cc(C(F)(F)F)cc2Cl)nc1C#N. The lowest BCUT2D eigenvalue weighted by molar-refractivity contribution is -0.137. The van der Waals surface area contributed by atoms with Gasteiger partial charge in [-0.05, 0) is 12.1 Å². The fraction of sp³-hybridized carbons (Fsp3) is 0.214. The number of carbonyl (C=O) groups excluding carboxylic acids is 1. The van der Waals surface area contributed by atoms with E-state index in [1.165, 1.54) is 6.20 Å². The fourth-order valence-electron chi connectivity index (χ4n) is 1.91. The Morgan fingerprint density at radius 1 is 1.35 bits per heavy atom. The Labute approximate surface area is 139 Å². The summed E-state index contributed by atoms with van der Waals surface area (Å²) in [5.41, 5.74) is -1.13. The minimum Gasteiger partial charge on any atom is -0.294 e. The van der Waals surface area contributed by atoms with Gasteiger partial charge in [-0.15, -0.1) is 0 Å². The van der Waals surface area contributed by atoms with Crippen molar-refractivity contribution in [2.24, 2.45) is 0 Å². The van der Waals surface area contributed by atoms with Crippen LogP contribution in [0.3, 0.4) is 0 Å². The Bertz CT molecular complexity index is 799. The van der Waals surface area contributed by atoms with E-state index in [1.807, 2.05) is 0 Å². The molecule has 0 radical (unpaired) electrons. The summed E-state index contributed by atoms with van der Waals surface area (Å²) >= 11 is 11.8. The third kappa shape index (κ3) is 3.33. The van der Waals surface area contributed by atoms with Gasteiger partial charge in [0.1, 0.15) is 11.8 Å². The standard InChI is InChI=1S/C14H8Cl2F3N3O/c1-2-12(23)8-6-22(21-11(8)5-20)13-9(15)3-7(4-10(13)16)14(17,18)19/h3-4,6H,2H2,1H3. The van der Waals surface area contributed by atoms with E-state index in [0.717, 1.165) is 4.68 Å². The summed E-state index contributed by atoms with van der Waals surface area (Å²) in [6.07, 6.45) is -3.23. The summed E-state index contributed by atoms with van der Waals surface area (Å²) in [6, 6.07) is 3.17. The van der Waals surface area contributed by atoms with Crippen molar-refractivity contribution in [2.45, 2.75) is 19.5 Å². The van der Waals surface area contributed by atoms with E-state index in [9.17, 15) is 18.0 Å². The topological polar surface area (TPSA) is 58.7 Å². The normalized spacial score (nSPS) is 11.3. The van der Waals surface area contributed by atoms with E-state index >= 15 is 0 Å². The lowest BCUT2D eigenvalue weighted by Crippen LogP contribution is -2.07. The van der Waals surface area contributed by atoms with Gasteiger partial charge < -0.3 is 0 Å². The Hall–Kier alpha value is -2.04. The Morgan fingerprint density at radius 2 is 1.91 bits per heavy atom. The summed E-state index contributed by atoms with van der Waals surface area (Å²) in [4.78, 5) is 11.8. The molecule has 9 heteroatoms. The lowest BCUT2D eigenvalue weighted by Gasteiger charge is -2.12. The van der Waals surface area contributed by atoms with E-state index in [0.29, 0.717) is 12.1 Å². The fourth-order valence-corrected chi connectivity index (χ4v) is 2.57. The Morgan fingerprint density at radius 3 is 2.35 bits per heavy atom. The third-order valence-corrected chi connectivity index (χ3v) is 3.59. The molecule has 0 amide bonds. The van der Waals surface area contributed by atoms with Gasteiger partial charge in [0.2, 0.25) is 0 Å². The van der Waals surface area contributed by atoms with Crippen LogP contribution in [0.5, 0.6) is 0 Å². The molecule has 0 N–H and O–H groups in total. The van der Waals surface area contributed by atoms with Crippen LogP contribution >= 0.6 is 23.2 Å². The number of ketones is 1. The number of hydrogen-bond acceptors (Lipinski definition) is 3. The predicted molar refractivity (Wildman–Crippen MR) is 77.9 cm³/mol. The van der Waals surface area contributed by atoms with Crippen molar-refractivity contribution in [1.29, 1.82) is 5.26 Å². The van der Waals surface area contributed by atoms with Crippen LogP contribution in [-0.2, 0) is 6.18 Å². The first-order valence-electron chi connectivity index (χ1n) is 6.28. The van der Waals surface area contributed by atoms with Gasteiger partial charge in [0.25, 0.3) is 0 Å². The molecule has 0 fully saturated rings. The maximum atomic E-state index is 12.7. The zero-order valence-corrected chi connectivity index (χ0v) is 13.1. The molecule has 1 aromatic heterocycles. The van der Waals surface area contributed by atoms with E-state index < -0.39 is 11.7 Å². The van der Waals surface area contributed by atoms with Crippen molar-refractivity contribution in [3.63, 3.8) is 0 Å². The van der Waals surface area contributed by atoms with E-state index in [-0.39, 0.29) is 39.2 Å². The number of Topliss-reactive ketones (excluding diaryl/α,β-unsaturated/α-hetero) is 1. The summed E-state index contributed by atoms with van der Waals surface area (Å²) < 4.78 is 39.2. The van der Waals surface area contributed by atoms with Crippen LogP contribution in [0.15, 0.2) is 18.3 Å². The van der Waals surface area contributed by atoms with Gasteiger partial charge in [0.15, 0.2) is 11.5 Å². The highest BCUT2D eigenvalue weighted by molar-refractivity contribution is 6.37. The average molecular weight is 362 g/mol. The smallest absolute Gasteiger partial charge is 0.294 e. The van der Waals surface area contributed by atoms with Crippen LogP contribution in [0.4, 0.5) is 13.2 Å². The maximum absolute atomic E-state index is 12.7. The summed E-state index contributed by atoms with van der Waals surface area (Å²) in [5, 5.41) is 12.3. The molecular weight excluding hydrogens is 354 g/mol. The summed E-state index contributed by atoms with van der Waals surface area (Å²) in [5.74, 6) is -0.327. The second kappa shape index (κ2) is 6.22. The van der Waals surface area contributed by atoms with Gasteiger partial charge in [0.05, 0.1) is 21.2 Å². The number of rotatable bonds is 3. The van der Waals surface area contributed by atoms with Crippen molar-refractivity contribution in [3.05, 3.63) is 45.2 Å². The van der Waals surface area contributed by atoms with Crippen molar-refractivity contribution >= 4 is 29.0 Å². The predicted octanol–water partition coefficient (Wildman–Crippen LogP) is 4.66. The molecule has 1 heterocycles. The average Bonchev–Trinajstić information content (AvgIpc) is 2.88. The van der Waals surface area contributed by atoms with E-state index in [2.05, 4.69) is 5.10 Å². The molecule has 2 rings (SSSR count). The Balaban J connectivity index is 2.62. The molecule has 23 heavy (non-hydrogen) atoms. The number of nitrogens with zero attached hydrogens (tertiary/aromatic N) is 3. The quantitative estimate of drug-likeness (QED) is 0.746. The highest BCUT2D eigenvalue weighted by Gasteiger charge is 2.32. The number of carbonyl (C=O) groups is 1. The van der Waals surface area contributed by atoms with Crippen molar-refractivity contribution in [2.75, 3.05) is 0 Å². The van der Waals surface area contributed by atoms with Gasteiger partial charge in [-0.3, -0.25) is 4.79 Å². The minimum atomic E-state index is -4.60. The molecule has 120 valence electrons. The van der Waals surface area contributed by atoms with Crippen LogP contribution in [0.1, 0.15) is 35.0 Å². The molecule has 1 aromatic carbocycles. The van der Waals surface area contributed by atoms with Crippen LogP contribution in [-0.4, -0.2) is 15.6 Å². The number of aromatic nitrogens is 2. The molecule has 0 saturated heterocycles. The lowest BCUT2D eigenvalue weighted by atomic mass is 10.1. The largest absolute Gasteiger partial charge is 0.416 e. The first-order chi connectivity index (χ1) is 10.7. The molecule has 0 spiro atoms. The molecule has 2 aromatic rings. The summed E-state index contributed by atoms with van der Waals surface area (Å²) in [6.45, 7) is 1.61. The number of benzene rings is 1. The first kappa shape index (κ1) is 17.3. The number of halogens is 5. The third-order valence-electron chi connectivity index (χ3n) is 3.01. The zero-order chi connectivity index (χ0) is 17.4. The van der Waals surface area contributed by atoms with Gasteiger partial charge >= 0.3 is 6.18 Å². The van der Waals surface area contributed by atoms with Crippen molar-refractivity contribution in [3.8, 4) is 11.8 Å². The van der Waals surface area contributed by atoms with Gasteiger partial charge in [-0.2, -0.15) is 23.5 Å². The molecule has 0 unspecified atom stereocenters. The summed E-state index contributed by atoms with van der Waals surface area (Å²) in [7, 11) is 0. The van der Waals surface area contributed by atoms with Gasteiger partial charge in [0, 0.05) is 12.6 Å².